The number of aliphatic hydroxyl groups is 3. The van der Waals surface area contributed by atoms with E-state index in [1.54, 1.807) is 48.5 Å². The van der Waals surface area contributed by atoms with E-state index in [1.807, 2.05) is 63.2 Å². The number of nitrogens with one attached hydrogen (secondary N) is 1. The van der Waals surface area contributed by atoms with Gasteiger partial charge >= 0.3 is 12.1 Å². The number of alkyl carbamates (subject to hydrolysis) is 1. The molecule has 0 aromatic heterocycles. The Kier molecular flexibility index (Phi) is 18.0. The molecule has 1 aromatic rings. The highest BCUT2D eigenvalue weighted by Crippen LogP contribution is 2.42. The summed E-state index contributed by atoms with van der Waals surface area (Å²) < 4.78 is 50.8. The molecule has 3 saturated heterocycles. The molecule has 0 unspecified atom stereocenters. The van der Waals surface area contributed by atoms with Gasteiger partial charge in [0.25, 0.3) is 0 Å². The first-order valence-corrected chi connectivity index (χ1v) is 22.1. The van der Waals surface area contributed by atoms with Crippen LogP contribution in [0.3, 0.4) is 0 Å². The zero-order valence-corrected chi connectivity index (χ0v) is 39.4. The van der Waals surface area contributed by atoms with Gasteiger partial charge in [0.15, 0.2) is 18.7 Å². The lowest BCUT2D eigenvalue weighted by atomic mass is 9.74. The molecule has 0 radical (unpaired) electrons. The molecular formula is C46H76N2O14. The smallest absolute Gasteiger partial charge is 0.407 e. The third kappa shape index (κ3) is 11.7. The summed E-state index contributed by atoms with van der Waals surface area (Å²) in [6.07, 6.45) is -9.86. The monoisotopic (exact) mass is 881 g/mol. The number of rotatable bonds is 11. The molecule has 16 heteroatoms. The van der Waals surface area contributed by atoms with Gasteiger partial charge in [0, 0.05) is 51.0 Å². The van der Waals surface area contributed by atoms with Crippen LogP contribution < -0.4 is 5.32 Å². The zero-order valence-electron chi connectivity index (χ0n) is 39.4. The van der Waals surface area contributed by atoms with Crippen LogP contribution in [0.5, 0.6) is 0 Å². The molecule has 18 atom stereocenters. The fourth-order valence-electron chi connectivity index (χ4n) is 9.72. The molecule has 1 amide bonds. The van der Waals surface area contributed by atoms with Gasteiger partial charge in [-0.25, -0.2) is 4.79 Å². The number of esters is 1. The Morgan fingerprint density at radius 3 is 2.08 bits per heavy atom. The number of Topliss-reactive ketones (excluding diaryl/α,β-unsaturated/α-hetero) is 1. The number of carbonyl (C=O) groups excluding carboxylic acids is 3. The molecule has 0 bridgehead atoms. The molecule has 0 aliphatic carbocycles. The maximum atomic E-state index is 14.4. The number of benzene rings is 1. The summed E-state index contributed by atoms with van der Waals surface area (Å²) >= 11 is 0. The number of aliphatic hydroxyl groups excluding tert-OH is 2. The number of amides is 1. The van der Waals surface area contributed by atoms with Gasteiger partial charge in [-0.05, 0) is 80.5 Å². The standard InChI is InChI=1S/C46H76N2O14/c1-15-33-46(10,54)38(51)27(4)35(49)25(2)22-44(8,55-13)39(61-42-36(50)32(48(11)12)21-26(3)57-42)28(5)37(29(6)41(52)59-33)60-34-23-45(9,56-14)40(30(7)58-34)62-43(53)47-24-31-19-17-16-18-20-31/h16-20,25-30,32-34,36-40,42,50-51,54H,15,21-24H2,1-14H3,(H,47,53)/t25-,26-,27+,28+,29-,30+,32+,33-,34+,36-,37+,38-,39-,40+,42+,44+,45-,46-/m1/s1. The van der Waals surface area contributed by atoms with Crippen LogP contribution in [0.25, 0.3) is 0 Å². The second-order valence-electron chi connectivity index (χ2n) is 18.9. The van der Waals surface area contributed by atoms with Crippen LogP contribution in [0.2, 0.25) is 0 Å². The summed E-state index contributed by atoms with van der Waals surface area (Å²) in [4.78, 5) is 43.6. The van der Waals surface area contributed by atoms with Gasteiger partial charge in [0.05, 0.1) is 42.0 Å². The third-order valence-electron chi connectivity index (χ3n) is 13.7. The van der Waals surface area contributed by atoms with Crippen LogP contribution in [0.4, 0.5) is 4.79 Å². The molecule has 62 heavy (non-hydrogen) atoms. The Morgan fingerprint density at radius 2 is 1.50 bits per heavy atom. The maximum absolute atomic E-state index is 14.4. The second kappa shape index (κ2) is 21.5. The Balaban J connectivity index is 1.77. The minimum atomic E-state index is -2.00. The van der Waals surface area contributed by atoms with E-state index >= 15 is 0 Å². The van der Waals surface area contributed by atoms with Crippen molar-refractivity contribution in [3.63, 3.8) is 0 Å². The Morgan fingerprint density at radius 1 is 0.887 bits per heavy atom. The minimum Gasteiger partial charge on any atom is -0.459 e. The number of ether oxygens (including phenoxy) is 8. The van der Waals surface area contributed by atoms with Crippen LogP contribution in [0.15, 0.2) is 30.3 Å². The van der Waals surface area contributed by atoms with Gasteiger partial charge in [-0.1, -0.05) is 58.0 Å². The lowest BCUT2D eigenvalue weighted by molar-refractivity contribution is -0.319. The summed E-state index contributed by atoms with van der Waals surface area (Å²) in [7, 11) is 6.76. The quantitative estimate of drug-likeness (QED) is 0.228. The molecule has 4 rings (SSSR count). The van der Waals surface area contributed by atoms with E-state index < -0.39 is 108 Å². The Labute approximate surface area is 368 Å². The van der Waals surface area contributed by atoms with Crippen molar-refractivity contribution in [2.24, 2.45) is 23.7 Å². The molecule has 3 fully saturated rings. The number of methoxy groups -OCH3 is 2. The highest BCUT2D eigenvalue weighted by molar-refractivity contribution is 5.83. The van der Waals surface area contributed by atoms with Crippen LogP contribution in [-0.2, 0) is 54.0 Å². The van der Waals surface area contributed by atoms with E-state index in [0.29, 0.717) is 6.42 Å². The van der Waals surface area contributed by atoms with Crippen molar-refractivity contribution in [3.05, 3.63) is 35.9 Å². The predicted molar refractivity (Wildman–Crippen MR) is 229 cm³/mol. The van der Waals surface area contributed by atoms with Crippen molar-refractivity contribution in [3.8, 4) is 0 Å². The lowest BCUT2D eigenvalue weighted by Crippen LogP contribution is -2.62. The molecule has 3 aliphatic heterocycles. The molecular weight excluding hydrogens is 805 g/mol. The average molecular weight is 881 g/mol. The minimum absolute atomic E-state index is 0.0664. The fourth-order valence-corrected chi connectivity index (χ4v) is 9.72. The zero-order chi connectivity index (χ0) is 46.5. The van der Waals surface area contributed by atoms with Crippen molar-refractivity contribution in [2.45, 2.75) is 186 Å². The van der Waals surface area contributed by atoms with E-state index in [4.69, 9.17) is 37.9 Å². The van der Waals surface area contributed by atoms with Gasteiger partial charge in [-0.15, -0.1) is 0 Å². The summed E-state index contributed by atoms with van der Waals surface area (Å²) in [5, 5.41) is 37.8. The van der Waals surface area contributed by atoms with Crippen molar-refractivity contribution < 1.29 is 67.6 Å². The Bertz CT molecular complexity index is 1620. The summed E-state index contributed by atoms with van der Waals surface area (Å²) in [5.41, 5.74) is -3.52. The Hall–Kier alpha value is -2.77. The SMILES string of the molecule is CC[C@H]1OC(=O)[C@H](C)[C@@H](O[C@H]2C[C@@](C)(OC)[C@@H](OC(=O)NCc3ccccc3)[C@H](C)O2)[C@H](C)[C@@H](O[C@@H]2O[C@H](C)C[C@H](N(C)C)[C@H]2O)[C@@](C)(OC)C[C@@H](C)C(=O)[C@H](C)[C@@H](O)[C@]1(C)O. The second-order valence-corrected chi connectivity index (χ2v) is 18.9. The third-order valence-corrected chi connectivity index (χ3v) is 13.7. The molecule has 0 spiro atoms. The van der Waals surface area contributed by atoms with Crippen LogP contribution >= 0.6 is 0 Å². The van der Waals surface area contributed by atoms with Crippen molar-refractivity contribution >= 4 is 17.8 Å². The fraction of sp³-hybridized carbons (Fsp3) is 0.804. The van der Waals surface area contributed by atoms with Gasteiger partial charge in [0.2, 0.25) is 0 Å². The lowest BCUT2D eigenvalue weighted by Gasteiger charge is -2.50. The van der Waals surface area contributed by atoms with Crippen molar-refractivity contribution in [1.29, 1.82) is 0 Å². The van der Waals surface area contributed by atoms with Gasteiger partial charge in [0.1, 0.15) is 29.2 Å². The molecule has 16 nitrogen and oxygen atoms in total. The molecule has 3 heterocycles. The largest absolute Gasteiger partial charge is 0.459 e. The first-order valence-electron chi connectivity index (χ1n) is 22.1. The van der Waals surface area contributed by atoms with Gasteiger partial charge in [-0.2, -0.15) is 0 Å². The van der Waals surface area contributed by atoms with Gasteiger partial charge in [-0.3, -0.25) is 9.59 Å². The topological polar surface area (TPSA) is 201 Å². The van der Waals surface area contributed by atoms with E-state index in [2.05, 4.69) is 5.32 Å². The average Bonchev–Trinajstić information content (AvgIpc) is 3.23. The van der Waals surface area contributed by atoms with E-state index in [-0.39, 0.29) is 43.7 Å². The van der Waals surface area contributed by atoms with E-state index in [9.17, 15) is 29.7 Å². The normalized spacial score (nSPS) is 42.8. The highest BCUT2D eigenvalue weighted by atomic mass is 16.7. The molecule has 4 N–H and O–H groups in total. The molecule has 354 valence electrons. The summed E-state index contributed by atoms with van der Waals surface area (Å²) in [5.74, 6) is -4.68. The van der Waals surface area contributed by atoms with Crippen molar-refractivity contribution in [1.82, 2.24) is 10.2 Å². The van der Waals surface area contributed by atoms with Crippen LogP contribution in [0, 0.1) is 23.7 Å². The molecule has 0 saturated carbocycles. The summed E-state index contributed by atoms with van der Waals surface area (Å²) in [6, 6.07) is 9.12. The highest BCUT2D eigenvalue weighted by Gasteiger charge is 2.55. The number of likely N-dealkylation sites (N-methyl/N-ethyl adjacent to an activating group) is 1. The number of ketones is 1. The number of hydrogen-bond donors (Lipinski definition) is 4. The maximum Gasteiger partial charge on any atom is 0.407 e. The number of hydrogen-bond acceptors (Lipinski definition) is 15. The number of nitrogens with zero attached hydrogens (tertiary/aromatic N) is 1. The van der Waals surface area contributed by atoms with E-state index in [0.717, 1.165) is 5.56 Å². The molecule has 1 aromatic carbocycles. The summed E-state index contributed by atoms with van der Waals surface area (Å²) in [6.45, 7) is 17.3. The first-order chi connectivity index (χ1) is 28.9. The van der Waals surface area contributed by atoms with Crippen LogP contribution in [-0.4, -0.2) is 151 Å². The molecule has 3 aliphatic rings. The van der Waals surface area contributed by atoms with Crippen molar-refractivity contribution in [2.75, 3.05) is 28.3 Å². The predicted octanol–water partition coefficient (Wildman–Crippen LogP) is 4.37. The van der Waals surface area contributed by atoms with Gasteiger partial charge < -0.3 is 63.4 Å². The van der Waals surface area contributed by atoms with E-state index in [1.165, 1.54) is 21.1 Å². The number of carbonyl (C=O) groups is 3. The first kappa shape index (κ1) is 51.9. The number of cyclic esters (lactones) is 1. The van der Waals surface area contributed by atoms with Crippen LogP contribution in [0.1, 0.15) is 100 Å².